The lowest BCUT2D eigenvalue weighted by atomic mass is 9.89. The average molecular weight is 458 g/mol. The minimum absolute atomic E-state index is 0.203. The molecule has 31 heavy (non-hydrogen) atoms. The van der Waals surface area contributed by atoms with Crippen LogP contribution in [0, 0.1) is 5.92 Å². The number of anilines is 2. The number of rotatable bonds is 10. The van der Waals surface area contributed by atoms with E-state index in [2.05, 4.69) is 23.9 Å². The van der Waals surface area contributed by atoms with Gasteiger partial charge in [-0.2, -0.15) is 8.75 Å². The molecule has 0 radical (unpaired) electrons. The zero-order valence-corrected chi connectivity index (χ0v) is 19.2. The molecule has 3 heterocycles. The van der Waals surface area contributed by atoms with Crippen molar-refractivity contribution in [2.45, 2.75) is 44.9 Å². The van der Waals surface area contributed by atoms with E-state index >= 15 is 0 Å². The van der Waals surface area contributed by atoms with Gasteiger partial charge < -0.3 is 10.2 Å². The van der Waals surface area contributed by atoms with Gasteiger partial charge in [0.05, 0.1) is 17.4 Å². The molecule has 164 valence electrons. The fraction of sp³-hybridized carbons (Fsp3) is 0.478. The summed E-state index contributed by atoms with van der Waals surface area (Å²) in [5, 5.41) is 4.17. The first-order chi connectivity index (χ1) is 15.2. The zero-order valence-electron chi connectivity index (χ0n) is 17.6. The van der Waals surface area contributed by atoms with Crippen LogP contribution >= 0.6 is 23.3 Å². The maximum Gasteiger partial charge on any atom is 0.195 e. The van der Waals surface area contributed by atoms with E-state index in [0.29, 0.717) is 17.9 Å². The number of nitrogens with one attached hydrogen (secondary N) is 1. The van der Waals surface area contributed by atoms with Crippen molar-refractivity contribution in [2.75, 3.05) is 29.9 Å². The molecule has 0 spiro atoms. The molecule has 4 rings (SSSR count). The quantitative estimate of drug-likeness (QED) is 0.400. The first-order valence-corrected chi connectivity index (χ1v) is 12.2. The number of unbranched alkanes of at least 4 members (excludes halogenated alkanes) is 3. The SMILES string of the molecule is O=C(CCCCCCNc1ccc(Cl)cc1)C1CCN(c2ccnc3nsnc23)CC1. The number of hydrogen-bond donors (Lipinski definition) is 1. The van der Waals surface area contributed by atoms with Gasteiger partial charge in [-0.15, -0.1) is 0 Å². The summed E-state index contributed by atoms with van der Waals surface area (Å²) >= 11 is 7.10. The monoisotopic (exact) mass is 457 g/mol. The third-order valence-corrected chi connectivity index (χ3v) is 6.73. The van der Waals surface area contributed by atoms with Crippen LogP contribution in [0.15, 0.2) is 36.5 Å². The molecular formula is C23H28ClN5OS. The van der Waals surface area contributed by atoms with Crippen LogP contribution in [0.4, 0.5) is 11.4 Å². The van der Waals surface area contributed by atoms with E-state index in [0.717, 1.165) is 80.1 Å². The van der Waals surface area contributed by atoms with Gasteiger partial charge in [-0.3, -0.25) is 4.79 Å². The Labute approximate surface area is 192 Å². The summed E-state index contributed by atoms with van der Waals surface area (Å²) in [5.41, 5.74) is 3.79. The van der Waals surface area contributed by atoms with Crippen molar-refractivity contribution >= 4 is 51.7 Å². The van der Waals surface area contributed by atoms with E-state index in [1.165, 1.54) is 11.7 Å². The highest BCUT2D eigenvalue weighted by Crippen LogP contribution is 2.29. The second kappa shape index (κ2) is 10.9. The molecule has 3 aromatic rings. The highest BCUT2D eigenvalue weighted by molar-refractivity contribution is 7.00. The van der Waals surface area contributed by atoms with Gasteiger partial charge in [-0.25, -0.2) is 4.98 Å². The average Bonchev–Trinajstić information content (AvgIpc) is 3.29. The number of Topliss-reactive ketones (excluding diaryl/α,β-unsaturated/α-hetero) is 1. The van der Waals surface area contributed by atoms with Gasteiger partial charge in [0, 0.05) is 48.9 Å². The molecule has 1 aliphatic rings. The Hall–Kier alpha value is -2.25. The molecule has 1 fully saturated rings. The van der Waals surface area contributed by atoms with Gasteiger partial charge in [-0.05, 0) is 56.0 Å². The third kappa shape index (κ3) is 5.92. The van der Waals surface area contributed by atoms with Crippen molar-refractivity contribution < 1.29 is 4.79 Å². The van der Waals surface area contributed by atoms with Gasteiger partial charge in [0.15, 0.2) is 5.65 Å². The smallest absolute Gasteiger partial charge is 0.195 e. The molecule has 0 amide bonds. The number of hydrogen-bond acceptors (Lipinski definition) is 7. The number of carbonyl (C=O) groups excluding carboxylic acids is 1. The Balaban J connectivity index is 1.11. The summed E-state index contributed by atoms with van der Waals surface area (Å²) in [6.07, 6.45) is 8.71. The molecule has 6 nitrogen and oxygen atoms in total. The van der Waals surface area contributed by atoms with Crippen molar-refractivity contribution in [2.24, 2.45) is 5.92 Å². The predicted molar refractivity (Wildman–Crippen MR) is 128 cm³/mol. The summed E-state index contributed by atoms with van der Waals surface area (Å²) < 4.78 is 8.62. The Morgan fingerprint density at radius 3 is 2.65 bits per heavy atom. The minimum atomic E-state index is 0.203. The topological polar surface area (TPSA) is 71.0 Å². The predicted octanol–water partition coefficient (Wildman–Crippen LogP) is 5.59. The lowest BCUT2D eigenvalue weighted by molar-refractivity contribution is -0.123. The number of piperidine rings is 1. The first-order valence-electron chi connectivity index (χ1n) is 11.0. The molecule has 0 aliphatic carbocycles. The number of nitrogens with zero attached hydrogens (tertiary/aromatic N) is 4. The molecule has 8 heteroatoms. The number of carbonyl (C=O) groups is 1. The van der Waals surface area contributed by atoms with Crippen LogP contribution in [0.3, 0.4) is 0 Å². The largest absolute Gasteiger partial charge is 0.385 e. The molecule has 1 saturated heterocycles. The van der Waals surface area contributed by atoms with Crippen LogP contribution in [-0.4, -0.2) is 39.1 Å². The van der Waals surface area contributed by atoms with Gasteiger partial charge in [-0.1, -0.05) is 24.4 Å². The van der Waals surface area contributed by atoms with Crippen LogP contribution in [0.2, 0.25) is 5.02 Å². The molecule has 2 aromatic heterocycles. The van der Waals surface area contributed by atoms with Crippen LogP contribution in [0.25, 0.3) is 11.2 Å². The molecule has 0 bridgehead atoms. The van der Waals surface area contributed by atoms with Crippen LogP contribution in [0.1, 0.15) is 44.9 Å². The van der Waals surface area contributed by atoms with Crippen LogP contribution in [0.5, 0.6) is 0 Å². The minimum Gasteiger partial charge on any atom is -0.385 e. The normalized spacial score (nSPS) is 14.8. The summed E-state index contributed by atoms with van der Waals surface area (Å²) in [6, 6.07) is 9.80. The molecular weight excluding hydrogens is 430 g/mol. The van der Waals surface area contributed by atoms with Crippen molar-refractivity contribution in [3.8, 4) is 0 Å². The van der Waals surface area contributed by atoms with Crippen molar-refractivity contribution in [3.05, 3.63) is 41.6 Å². The van der Waals surface area contributed by atoms with Crippen molar-refractivity contribution in [1.29, 1.82) is 0 Å². The molecule has 0 unspecified atom stereocenters. The number of pyridine rings is 1. The summed E-state index contributed by atoms with van der Waals surface area (Å²) in [7, 11) is 0. The molecule has 1 N–H and O–H groups in total. The van der Waals surface area contributed by atoms with Gasteiger partial charge in [0.1, 0.15) is 11.3 Å². The second-order valence-electron chi connectivity index (χ2n) is 8.09. The second-order valence-corrected chi connectivity index (χ2v) is 9.06. The lowest BCUT2D eigenvalue weighted by Crippen LogP contribution is -2.36. The maximum absolute atomic E-state index is 12.6. The Morgan fingerprint density at radius 2 is 1.84 bits per heavy atom. The van der Waals surface area contributed by atoms with Crippen LogP contribution < -0.4 is 10.2 Å². The standard InChI is InChI=1S/C23H28ClN5OS/c24-18-6-8-19(9-7-18)25-13-4-2-1-3-5-21(30)17-11-15-29(16-12-17)20-10-14-26-23-22(20)27-31-28-23/h6-10,14,17,25H,1-5,11-13,15-16H2. The summed E-state index contributed by atoms with van der Waals surface area (Å²) in [5.74, 6) is 0.642. The van der Waals surface area contributed by atoms with Gasteiger partial charge in [0.25, 0.3) is 0 Å². The number of ketones is 1. The fourth-order valence-electron chi connectivity index (χ4n) is 4.17. The van der Waals surface area contributed by atoms with E-state index in [1.807, 2.05) is 30.3 Å². The Morgan fingerprint density at radius 1 is 1.06 bits per heavy atom. The molecule has 0 saturated carbocycles. The summed E-state index contributed by atoms with van der Waals surface area (Å²) in [6.45, 7) is 2.73. The molecule has 1 aromatic carbocycles. The first kappa shape index (κ1) is 22.0. The van der Waals surface area contributed by atoms with E-state index in [-0.39, 0.29) is 5.92 Å². The number of benzene rings is 1. The molecule has 1 aliphatic heterocycles. The molecule has 0 atom stereocenters. The number of fused-ring (bicyclic) bond motifs is 1. The lowest BCUT2D eigenvalue weighted by Gasteiger charge is -2.33. The van der Waals surface area contributed by atoms with E-state index < -0.39 is 0 Å². The number of aromatic nitrogens is 3. The van der Waals surface area contributed by atoms with E-state index in [9.17, 15) is 4.79 Å². The Kier molecular flexibility index (Phi) is 7.70. The highest BCUT2D eigenvalue weighted by atomic mass is 35.5. The van der Waals surface area contributed by atoms with Crippen LogP contribution in [-0.2, 0) is 4.79 Å². The van der Waals surface area contributed by atoms with Gasteiger partial charge in [0.2, 0.25) is 0 Å². The van der Waals surface area contributed by atoms with Crippen molar-refractivity contribution in [1.82, 2.24) is 13.7 Å². The van der Waals surface area contributed by atoms with Crippen molar-refractivity contribution in [3.63, 3.8) is 0 Å². The maximum atomic E-state index is 12.6. The third-order valence-electron chi connectivity index (χ3n) is 5.96. The Bertz CT molecular complexity index is 985. The van der Waals surface area contributed by atoms with E-state index in [4.69, 9.17) is 11.6 Å². The highest BCUT2D eigenvalue weighted by Gasteiger charge is 2.25. The summed E-state index contributed by atoms with van der Waals surface area (Å²) in [4.78, 5) is 19.2. The number of halogens is 1. The van der Waals surface area contributed by atoms with E-state index in [1.54, 1.807) is 6.20 Å². The fourth-order valence-corrected chi connectivity index (χ4v) is 4.80. The van der Waals surface area contributed by atoms with Gasteiger partial charge >= 0.3 is 0 Å². The zero-order chi connectivity index (χ0) is 21.5.